The van der Waals surface area contributed by atoms with Crippen LogP contribution < -0.4 is 0 Å². The van der Waals surface area contributed by atoms with Gasteiger partial charge in [-0.25, -0.2) is 0 Å². The minimum atomic E-state index is -0.0687. The quantitative estimate of drug-likeness (QED) is 0.686. The first kappa shape index (κ1) is 14.6. The van der Waals surface area contributed by atoms with Gasteiger partial charge in [-0.1, -0.05) is 45.3 Å². The zero-order valence-electron chi connectivity index (χ0n) is 11.8. The van der Waals surface area contributed by atoms with E-state index in [0.29, 0.717) is 11.8 Å². The predicted molar refractivity (Wildman–Crippen MR) is 73.2 cm³/mol. The summed E-state index contributed by atoms with van der Waals surface area (Å²) in [4.78, 5) is 14.2. The molecule has 0 aromatic carbocycles. The second-order valence-electron chi connectivity index (χ2n) is 5.93. The average molecular weight is 235 g/mol. The molecule has 0 aromatic heterocycles. The minimum Gasteiger partial charge on any atom is -0.346 e. The van der Waals surface area contributed by atoms with Gasteiger partial charge in [0.25, 0.3) is 0 Å². The van der Waals surface area contributed by atoms with Crippen molar-refractivity contribution in [1.82, 2.24) is 4.90 Å². The van der Waals surface area contributed by atoms with Crippen molar-refractivity contribution < 1.29 is 4.79 Å². The maximum atomic E-state index is 12.4. The number of rotatable bonds is 4. The van der Waals surface area contributed by atoms with Crippen molar-refractivity contribution >= 4 is 13.8 Å². The largest absolute Gasteiger partial charge is 0.346 e. The van der Waals surface area contributed by atoms with Gasteiger partial charge < -0.3 is 4.90 Å². The summed E-state index contributed by atoms with van der Waals surface area (Å²) in [6.45, 7) is 7.27. The van der Waals surface area contributed by atoms with Crippen molar-refractivity contribution in [2.75, 3.05) is 13.6 Å². The van der Waals surface area contributed by atoms with Crippen LogP contribution in [0.5, 0.6) is 0 Å². The molecule has 0 heterocycles. The Kier molecular flexibility index (Phi) is 5.09. The van der Waals surface area contributed by atoms with Crippen LogP contribution in [0.4, 0.5) is 0 Å². The van der Waals surface area contributed by atoms with Crippen molar-refractivity contribution in [1.29, 1.82) is 0 Å². The van der Waals surface area contributed by atoms with Gasteiger partial charge in [0.15, 0.2) is 0 Å². The number of nitrogens with zero attached hydrogens (tertiary/aromatic N) is 1. The second-order valence-corrected chi connectivity index (χ2v) is 5.93. The SMILES string of the molecule is [B]C1(C)CCC(C(=O)N(C)CCC)C(CC)C1. The Morgan fingerprint density at radius 1 is 1.47 bits per heavy atom. The van der Waals surface area contributed by atoms with Gasteiger partial charge in [-0.05, 0) is 18.8 Å². The van der Waals surface area contributed by atoms with Gasteiger partial charge >= 0.3 is 0 Å². The molecule has 1 aliphatic carbocycles. The molecule has 0 bridgehead atoms. The van der Waals surface area contributed by atoms with Crippen molar-refractivity contribution in [3.05, 3.63) is 0 Å². The van der Waals surface area contributed by atoms with Gasteiger partial charge in [-0.15, -0.1) is 0 Å². The summed E-state index contributed by atoms with van der Waals surface area (Å²) in [5.41, 5.74) is 0. The van der Waals surface area contributed by atoms with Crippen LogP contribution in [0.3, 0.4) is 0 Å². The third-order valence-electron chi connectivity index (χ3n) is 4.10. The van der Waals surface area contributed by atoms with E-state index in [1.165, 1.54) is 0 Å². The fourth-order valence-corrected chi connectivity index (χ4v) is 3.05. The van der Waals surface area contributed by atoms with Gasteiger partial charge in [0.1, 0.15) is 0 Å². The van der Waals surface area contributed by atoms with Gasteiger partial charge in [0.05, 0.1) is 7.85 Å². The molecule has 0 saturated heterocycles. The first-order valence-electron chi connectivity index (χ1n) is 6.95. The standard InChI is InChI=1S/C14H26BNO/c1-5-9-16(4)13(17)12-7-8-14(3,15)10-11(12)6-2/h11-12H,5-10H2,1-4H3. The molecular formula is C14H26BNO. The molecule has 0 spiro atoms. The maximum Gasteiger partial charge on any atom is 0.225 e. The van der Waals surface area contributed by atoms with Crippen molar-refractivity contribution in [2.45, 2.75) is 58.2 Å². The van der Waals surface area contributed by atoms with Crippen LogP contribution in [0.15, 0.2) is 0 Å². The molecule has 17 heavy (non-hydrogen) atoms. The Bertz CT molecular complexity index is 265. The van der Waals surface area contributed by atoms with Crippen LogP contribution in [0.2, 0.25) is 5.31 Å². The molecule has 2 nitrogen and oxygen atoms in total. The molecule has 96 valence electrons. The van der Waals surface area contributed by atoms with E-state index in [9.17, 15) is 4.79 Å². The molecule has 0 N–H and O–H groups in total. The molecule has 1 aliphatic rings. The first-order valence-corrected chi connectivity index (χ1v) is 6.95. The number of carbonyl (C=O) groups excluding carboxylic acids is 1. The molecule has 1 rings (SSSR count). The van der Waals surface area contributed by atoms with Crippen molar-refractivity contribution in [2.24, 2.45) is 11.8 Å². The summed E-state index contributed by atoms with van der Waals surface area (Å²) in [6, 6.07) is 0. The summed E-state index contributed by atoms with van der Waals surface area (Å²) in [7, 11) is 8.14. The summed E-state index contributed by atoms with van der Waals surface area (Å²) >= 11 is 0. The predicted octanol–water partition coefficient (Wildman–Crippen LogP) is 3.03. The van der Waals surface area contributed by atoms with E-state index in [0.717, 1.165) is 38.6 Å². The Hall–Kier alpha value is -0.465. The summed E-state index contributed by atoms with van der Waals surface area (Å²) in [6.07, 6.45) is 5.00. The fourth-order valence-electron chi connectivity index (χ4n) is 3.05. The van der Waals surface area contributed by atoms with Crippen LogP contribution in [0, 0.1) is 11.8 Å². The van der Waals surface area contributed by atoms with Crippen LogP contribution in [-0.2, 0) is 4.79 Å². The highest BCUT2D eigenvalue weighted by molar-refractivity contribution is 6.15. The molecule has 1 fully saturated rings. The summed E-state index contributed by atoms with van der Waals surface area (Å²) < 4.78 is 0. The molecule has 0 aliphatic heterocycles. The lowest BCUT2D eigenvalue weighted by Gasteiger charge is -2.41. The van der Waals surface area contributed by atoms with E-state index in [2.05, 4.69) is 20.8 Å². The molecule has 3 unspecified atom stereocenters. The lowest BCUT2D eigenvalue weighted by molar-refractivity contribution is -0.137. The van der Waals surface area contributed by atoms with Crippen LogP contribution in [0.1, 0.15) is 52.9 Å². The topological polar surface area (TPSA) is 20.3 Å². The van der Waals surface area contributed by atoms with Crippen LogP contribution in [0.25, 0.3) is 0 Å². The van der Waals surface area contributed by atoms with Crippen molar-refractivity contribution in [3.8, 4) is 0 Å². The third-order valence-corrected chi connectivity index (χ3v) is 4.10. The van der Waals surface area contributed by atoms with Crippen molar-refractivity contribution in [3.63, 3.8) is 0 Å². The second kappa shape index (κ2) is 5.93. The normalized spacial score (nSPS) is 33.4. The highest BCUT2D eigenvalue weighted by Crippen LogP contribution is 2.46. The zero-order chi connectivity index (χ0) is 13.1. The lowest BCUT2D eigenvalue weighted by Crippen LogP contribution is -2.40. The molecule has 1 saturated carbocycles. The third kappa shape index (κ3) is 3.75. The monoisotopic (exact) mass is 235 g/mol. The minimum absolute atomic E-state index is 0.0687. The van der Waals surface area contributed by atoms with Crippen LogP contribution >= 0.6 is 0 Å². The number of hydrogen-bond acceptors (Lipinski definition) is 1. The Morgan fingerprint density at radius 3 is 2.65 bits per heavy atom. The van der Waals surface area contributed by atoms with Gasteiger partial charge in [-0.2, -0.15) is 0 Å². The smallest absolute Gasteiger partial charge is 0.225 e. The molecule has 1 amide bonds. The summed E-state index contributed by atoms with van der Waals surface area (Å²) in [5, 5.41) is -0.0687. The number of amides is 1. The van der Waals surface area contributed by atoms with E-state index >= 15 is 0 Å². The Morgan fingerprint density at radius 2 is 2.12 bits per heavy atom. The Labute approximate surface area is 108 Å². The molecule has 3 heteroatoms. The van der Waals surface area contributed by atoms with Gasteiger partial charge in [-0.3, -0.25) is 4.79 Å². The van der Waals surface area contributed by atoms with E-state index in [1.807, 2.05) is 11.9 Å². The number of hydrogen-bond donors (Lipinski definition) is 0. The molecule has 0 aromatic rings. The highest BCUT2D eigenvalue weighted by Gasteiger charge is 2.37. The van der Waals surface area contributed by atoms with Crippen LogP contribution in [-0.4, -0.2) is 32.2 Å². The van der Waals surface area contributed by atoms with Gasteiger partial charge in [0, 0.05) is 19.5 Å². The maximum absolute atomic E-state index is 12.4. The van der Waals surface area contributed by atoms with E-state index in [4.69, 9.17) is 7.85 Å². The summed E-state index contributed by atoms with van der Waals surface area (Å²) in [5.74, 6) is 0.993. The average Bonchev–Trinajstić information content (AvgIpc) is 2.27. The van der Waals surface area contributed by atoms with E-state index < -0.39 is 0 Å². The van der Waals surface area contributed by atoms with E-state index in [1.54, 1.807) is 0 Å². The lowest BCUT2D eigenvalue weighted by atomic mass is 9.56. The Balaban J connectivity index is 2.67. The fraction of sp³-hybridized carbons (Fsp3) is 0.929. The van der Waals surface area contributed by atoms with E-state index in [-0.39, 0.29) is 11.2 Å². The number of carbonyl (C=O) groups is 1. The first-order chi connectivity index (χ1) is 7.91. The molecule has 2 radical (unpaired) electrons. The highest BCUT2D eigenvalue weighted by atomic mass is 16.2. The zero-order valence-corrected chi connectivity index (χ0v) is 11.8. The van der Waals surface area contributed by atoms with Gasteiger partial charge in [0.2, 0.25) is 5.91 Å². The molecule has 3 atom stereocenters. The molecular weight excluding hydrogens is 209 g/mol.